The summed E-state index contributed by atoms with van der Waals surface area (Å²) in [5, 5.41) is 10.2. The lowest BCUT2D eigenvalue weighted by Crippen LogP contribution is -2.48. The van der Waals surface area contributed by atoms with E-state index in [9.17, 15) is 10.1 Å². The summed E-state index contributed by atoms with van der Waals surface area (Å²) < 4.78 is 5.79. The van der Waals surface area contributed by atoms with Crippen molar-refractivity contribution in [1.29, 1.82) is 5.26 Å². The van der Waals surface area contributed by atoms with Gasteiger partial charge >= 0.3 is 0 Å². The van der Waals surface area contributed by atoms with E-state index >= 15 is 0 Å². The van der Waals surface area contributed by atoms with Gasteiger partial charge in [-0.1, -0.05) is 36.6 Å². The number of nitriles is 1. The lowest BCUT2D eigenvalue weighted by molar-refractivity contribution is -0.146. The highest BCUT2D eigenvalue weighted by Gasteiger charge is 2.45. The summed E-state index contributed by atoms with van der Waals surface area (Å²) in [7, 11) is 0. The van der Waals surface area contributed by atoms with Crippen molar-refractivity contribution in [3.63, 3.8) is 0 Å². The predicted octanol–water partition coefficient (Wildman–Crippen LogP) is 3.32. The molecule has 5 heteroatoms. The lowest BCUT2D eigenvalue weighted by atomic mass is 9.86. The third kappa shape index (κ3) is 2.84. The maximum Gasteiger partial charge on any atom is 0.243 e. The minimum Gasteiger partial charge on any atom is -0.370 e. The van der Waals surface area contributed by atoms with Crippen LogP contribution in [-0.4, -0.2) is 30.5 Å². The molecule has 3 rings (SSSR count). The maximum absolute atomic E-state index is 12.8. The highest BCUT2D eigenvalue weighted by Crippen LogP contribution is 2.40. The number of morpholine rings is 1. The van der Waals surface area contributed by atoms with E-state index in [-0.39, 0.29) is 12.0 Å². The fourth-order valence-corrected chi connectivity index (χ4v) is 3.49. The Morgan fingerprint density at radius 1 is 1.32 bits per heavy atom. The fraction of sp³-hybridized carbons (Fsp3) is 0.529. The molecular weight excluding hydrogens is 300 g/mol. The van der Waals surface area contributed by atoms with Gasteiger partial charge in [-0.3, -0.25) is 4.79 Å². The monoisotopic (exact) mass is 318 g/mol. The molecule has 1 heterocycles. The third-order valence-electron chi connectivity index (χ3n) is 4.68. The third-order valence-corrected chi connectivity index (χ3v) is 4.93. The number of rotatable bonds is 2. The molecule has 2 fully saturated rings. The van der Waals surface area contributed by atoms with Gasteiger partial charge in [0.1, 0.15) is 11.5 Å². The maximum atomic E-state index is 12.8. The molecule has 1 saturated carbocycles. The average Bonchev–Trinajstić information content (AvgIpc) is 3.05. The number of hydrogen-bond donors (Lipinski definition) is 0. The molecule has 1 aromatic rings. The molecule has 116 valence electrons. The summed E-state index contributed by atoms with van der Waals surface area (Å²) >= 11 is 5.91. The average molecular weight is 319 g/mol. The summed E-state index contributed by atoms with van der Waals surface area (Å²) in [5.41, 5.74) is 0.210. The first-order chi connectivity index (χ1) is 10.6. The van der Waals surface area contributed by atoms with Crippen molar-refractivity contribution < 1.29 is 9.53 Å². The van der Waals surface area contributed by atoms with Crippen LogP contribution in [0.15, 0.2) is 24.3 Å². The van der Waals surface area contributed by atoms with Crippen LogP contribution in [0.2, 0.25) is 5.02 Å². The summed E-state index contributed by atoms with van der Waals surface area (Å²) in [6.07, 6.45) is 3.15. The van der Waals surface area contributed by atoms with E-state index in [0.717, 1.165) is 18.4 Å². The second-order valence-corrected chi connectivity index (χ2v) is 6.50. The number of benzene rings is 1. The first-order valence-electron chi connectivity index (χ1n) is 7.72. The molecule has 1 atom stereocenters. The van der Waals surface area contributed by atoms with E-state index in [1.54, 1.807) is 4.90 Å². The minimum absolute atomic E-state index is 0.0187. The smallest absolute Gasteiger partial charge is 0.243 e. The Morgan fingerprint density at radius 2 is 2.00 bits per heavy atom. The first-order valence-corrected chi connectivity index (χ1v) is 8.10. The summed E-state index contributed by atoms with van der Waals surface area (Å²) in [5.74, 6) is -0.0187. The van der Waals surface area contributed by atoms with Crippen molar-refractivity contribution in [2.45, 2.75) is 31.8 Å². The van der Waals surface area contributed by atoms with Crippen LogP contribution in [0.25, 0.3) is 0 Å². The molecule has 0 N–H and O–H groups in total. The van der Waals surface area contributed by atoms with Gasteiger partial charge in [-0.2, -0.15) is 5.26 Å². The van der Waals surface area contributed by atoms with Crippen LogP contribution in [0.4, 0.5) is 0 Å². The standard InChI is InChI=1S/C17H19ClN2O2/c18-14-5-3-13(4-6-14)15-11-20(9-10-22-15)16(21)17(12-19)7-1-2-8-17/h3-6,15H,1-2,7-11H2/t15-/m0/s1. The second-order valence-electron chi connectivity index (χ2n) is 6.06. The van der Waals surface area contributed by atoms with Crippen molar-refractivity contribution in [3.05, 3.63) is 34.9 Å². The van der Waals surface area contributed by atoms with Gasteiger partial charge in [0.05, 0.1) is 19.2 Å². The predicted molar refractivity (Wildman–Crippen MR) is 83.2 cm³/mol. The summed E-state index contributed by atoms with van der Waals surface area (Å²) in [4.78, 5) is 14.6. The molecule has 1 amide bonds. The van der Waals surface area contributed by atoms with E-state index in [2.05, 4.69) is 6.07 Å². The molecule has 1 saturated heterocycles. The number of nitrogens with zero attached hydrogens (tertiary/aromatic N) is 2. The van der Waals surface area contributed by atoms with Crippen LogP contribution in [-0.2, 0) is 9.53 Å². The van der Waals surface area contributed by atoms with E-state index in [1.165, 1.54) is 0 Å². The van der Waals surface area contributed by atoms with Crippen LogP contribution < -0.4 is 0 Å². The molecular formula is C17H19ClN2O2. The van der Waals surface area contributed by atoms with Crippen LogP contribution in [0.5, 0.6) is 0 Å². The highest BCUT2D eigenvalue weighted by atomic mass is 35.5. The molecule has 1 aliphatic heterocycles. The number of amides is 1. The topological polar surface area (TPSA) is 53.3 Å². The molecule has 0 aromatic heterocycles. The zero-order chi connectivity index (χ0) is 15.6. The van der Waals surface area contributed by atoms with Gasteiger partial charge in [0.25, 0.3) is 0 Å². The first kappa shape index (κ1) is 15.3. The fourth-order valence-electron chi connectivity index (χ4n) is 3.37. The molecule has 0 radical (unpaired) electrons. The number of halogens is 1. The van der Waals surface area contributed by atoms with Crippen molar-refractivity contribution in [2.24, 2.45) is 5.41 Å². The Morgan fingerprint density at radius 3 is 2.64 bits per heavy atom. The SMILES string of the molecule is N#CC1(C(=O)N2CCO[C@H](c3ccc(Cl)cc3)C2)CCCC1. The minimum atomic E-state index is -0.804. The molecule has 1 aromatic carbocycles. The van der Waals surface area contributed by atoms with Gasteiger partial charge < -0.3 is 9.64 Å². The van der Waals surface area contributed by atoms with Crippen LogP contribution in [0.1, 0.15) is 37.4 Å². The van der Waals surface area contributed by atoms with E-state index in [4.69, 9.17) is 16.3 Å². The molecule has 1 aliphatic carbocycles. The van der Waals surface area contributed by atoms with E-state index in [1.807, 2.05) is 24.3 Å². The van der Waals surface area contributed by atoms with Crippen molar-refractivity contribution in [2.75, 3.05) is 19.7 Å². The van der Waals surface area contributed by atoms with Gasteiger partial charge in [-0.05, 0) is 30.5 Å². The zero-order valence-corrected chi connectivity index (χ0v) is 13.2. The van der Waals surface area contributed by atoms with Gasteiger partial charge in [0, 0.05) is 11.6 Å². The largest absolute Gasteiger partial charge is 0.370 e. The Labute approximate surface area is 135 Å². The Kier molecular flexibility index (Phi) is 4.37. The molecule has 2 aliphatic rings. The van der Waals surface area contributed by atoms with E-state index < -0.39 is 5.41 Å². The second kappa shape index (κ2) is 6.28. The van der Waals surface area contributed by atoms with Crippen LogP contribution in [0, 0.1) is 16.7 Å². The number of ether oxygens (including phenoxy) is 1. The Bertz CT molecular complexity index is 588. The highest BCUT2D eigenvalue weighted by molar-refractivity contribution is 6.30. The Hall–Kier alpha value is -1.57. The van der Waals surface area contributed by atoms with Crippen molar-refractivity contribution in [3.8, 4) is 6.07 Å². The quantitative estimate of drug-likeness (QED) is 0.840. The molecule has 0 bridgehead atoms. The van der Waals surface area contributed by atoms with Crippen molar-refractivity contribution >= 4 is 17.5 Å². The lowest BCUT2D eigenvalue weighted by Gasteiger charge is -2.36. The molecule has 0 spiro atoms. The van der Waals surface area contributed by atoms with Gasteiger partial charge in [0.15, 0.2) is 0 Å². The number of hydrogen-bond acceptors (Lipinski definition) is 3. The molecule has 4 nitrogen and oxygen atoms in total. The summed E-state index contributed by atoms with van der Waals surface area (Å²) in [6.45, 7) is 1.57. The van der Waals surface area contributed by atoms with Crippen LogP contribution >= 0.6 is 11.6 Å². The van der Waals surface area contributed by atoms with Gasteiger partial charge in [0.2, 0.25) is 5.91 Å². The number of carbonyl (C=O) groups is 1. The molecule has 22 heavy (non-hydrogen) atoms. The van der Waals surface area contributed by atoms with Crippen LogP contribution in [0.3, 0.4) is 0 Å². The number of carbonyl (C=O) groups excluding carboxylic acids is 1. The summed E-state index contributed by atoms with van der Waals surface area (Å²) in [6, 6.07) is 9.80. The van der Waals surface area contributed by atoms with Gasteiger partial charge in [-0.15, -0.1) is 0 Å². The zero-order valence-electron chi connectivity index (χ0n) is 12.4. The molecule has 0 unspecified atom stereocenters. The van der Waals surface area contributed by atoms with Crippen molar-refractivity contribution in [1.82, 2.24) is 4.90 Å². The van der Waals surface area contributed by atoms with Gasteiger partial charge in [-0.25, -0.2) is 0 Å². The Balaban J connectivity index is 1.74. The normalized spacial score (nSPS) is 24.0. The van der Waals surface area contributed by atoms with E-state index in [0.29, 0.717) is 37.6 Å².